The monoisotopic (exact) mass is 339 g/mol. The van der Waals surface area contributed by atoms with Crippen LogP contribution in [-0.2, 0) is 9.53 Å². The Bertz CT molecular complexity index is 632. The molecule has 0 heterocycles. The minimum absolute atomic E-state index is 0.000903. The van der Waals surface area contributed by atoms with Crippen molar-refractivity contribution in [3.63, 3.8) is 0 Å². The molecule has 1 unspecified atom stereocenters. The van der Waals surface area contributed by atoms with Crippen molar-refractivity contribution in [2.24, 2.45) is 16.8 Å². The predicted molar refractivity (Wildman–Crippen MR) is 87.1 cm³/mol. The summed E-state index contributed by atoms with van der Waals surface area (Å²) in [5.41, 5.74) is 0.0486. The summed E-state index contributed by atoms with van der Waals surface area (Å²) < 4.78 is 10.5. The number of ether oxygens (including phenoxy) is 2. The van der Waals surface area contributed by atoms with E-state index in [4.69, 9.17) is 21.2 Å². The Labute approximate surface area is 139 Å². The second-order valence-corrected chi connectivity index (χ2v) is 5.03. The van der Waals surface area contributed by atoms with Crippen molar-refractivity contribution in [2.45, 2.75) is 26.4 Å². The van der Waals surface area contributed by atoms with Crippen molar-refractivity contribution >= 4 is 17.5 Å². The van der Waals surface area contributed by atoms with Crippen LogP contribution in [0.4, 0.5) is 5.69 Å². The van der Waals surface area contributed by atoms with Crippen LogP contribution in [0.5, 0.6) is 5.75 Å². The summed E-state index contributed by atoms with van der Waals surface area (Å²) in [6, 6.07) is 4.35. The van der Waals surface area contributed by atoms with Crippen LogP contribution >= 0.6 is 0 Å². The number of carbonyl (C=O) groups is 1. The molecule has 24 heavy (non-hydrogen) atoms. The highest BCUT2D eigenvalue weighted by atomic mass is 16.6. The van der Waals surface area contributed by atoms with Gasteiger partial charge in [0, 0.05) is 26.5 Å². The normalized spacial score (nSPS) is 12.4. The molecule has 0 aliphatic carbocycles. The molecule has 0 aliphatic rings. The number of carbonyl (C=O) groups excluding carboxylic acids is 1. The number of benzene rings is 1. The van der Waals surface area contributed by atoms with Crippen molar-refractivity contribution in [1.82, 2.24) is 5.01 Å². The van der Waals surface area contributed by atoms with E-state index < -0.39 is 10.9 Å². The van der Waals surface area contributed by atoms with E-state index >= 15 is 0 Å². The van der Waals surface area contributed by atoms with E-state index in [0.717, 1.165) is 5.01 Å². The number of para-hydroxylation sites is 1. The Balaban J connectivity index is 3.05. The molecule has 4 N–H and O–H groups in total. The van der Waals surface area contributed by atoms with Crippen LogP contribution in [0, 0.1) is 10.1 Å². The minimum Gasteiger partial charge on any atom is -0.486 e. The van der Waals surface area contributed by atoms with E-state index in [-0.39, 0.29) is 35.5 Å². The Morgan fingerprint density at radius 3 is 2.67 bits per heavy atom. The van der Waals surface area contributed by atoms with E-state index in [9.17, 15) is 14.9 Å². The second kappa shape index (κ2) is 8.67. The van der Waals surface area contributed by atoms with Crippen LogP contribution in [-0.4, -0.2) is 41.5 Å². The molecule has 0 fully saturated rings. The summed E-state index contributed by atoms with van der Waals surface area (Å²) in [5, 5.41) is 15.9. The molecular formula is C14H21N5O5. The molecule has 0 radical (unpaired) electrons. The van der Waals surface area contributed by atoms with Crippen LogP contribution in [0.15, 0.2) is 23.3 Å². The van der Waals surface area contributed by atoms with Gasteiger partial charge in [-0.15, -0.1) is 0 Å². The number of nitrogens with two attached hydrogens (primary N) is 2. The molecule has 1 aromatic rings. The number of nitrogens with zero attached hydrogens (tertiary/aromatic N) is 3. The zero-order valence-electron chi connectivity index (χ0n) is 13.8. The maximum Gasteiger partial charge on any atom is 0.311 e. The predicted octanol–water partition coefficient (Wildman–Crippen LogP) is 0.741. The quantitative estimate of drug-likeness (QED) is 0.185. The lowest BCUT2D eigenvalue weighted by Crippen LogP contribution is -2.35. The highest BCUT2D eigenvalue weighted by Crippen LogP contribution is 2.31. The van der Waals surface area contributed by atoms with Gasteiger partial charge in [0.15, 0.2) is 5.84 Å². The third-order valence-electron chi connectivity index (χ3n) is 3.03. The minimum atomic E-state index is -0.570. The first-order chi connectivity index (χ1) is 11.3. The van der Waals surface area contributed by atoms with Crippen LogP contribution in [0.1, 0.15) is 25.8 Å². The van der Waals surface area contributed by atoms with Crippen molar-refractivity contribution < 1.29 is 19.2 Å². The van der Waals surface area contributed by atoms with Gasteiger partial charge < -0.3 is 15.3 Å². The smallest absolute Gasteiger partial charge is 0.311 e. The topological polar surface area (TPSA) is 146 Å². The first kappa shape index (κ1) is 19.2. The molecule has 0 aromatic heterocycles. The highest BCUT2D eigenvalue weighted by Gasteiger charge is 2.23. The van der Waals surface area contributed by atoms with E-state index in [2.05, 4.69) is 5.10 Å². The second-order valence-electron chi connectivity index (χ2n) is 5.03. The molecule has 0 saturated heterocycles. The molecule has 0 bridgehead atoms. The van der Waals surface area contributed by atoms with Crippen molar-refractivity contribution in [1.29, 1.82) is 0 Å². The lowest BCUT2D eigenvalue weighted by Gasteiger charge is -2.18. The first-order valence-electron chi connectivity index (χ1n) is 7.12. The number of hydrogen-bond acceptors (Lipinski definition) is 8. The van der Waals surface area contributed by atoms with Crippen molar-refractivity contribution in [2.75, 3.05) is 13.7 Å². The fourth-order valence-corrected chi connectivity index (χ4v) is 2.02. The van der Waals surface area contributed by atoms with Crippen LogP contribution in [0.25, 0.3) is 0 Å². The molecule has 1 rings (SSSR count). The summed E-state index contributed by atoms with van der Waals surface area (Å²) in [4.78, 5) is 21.6. The highest BCUT2D eigenvalue weighted by molar-refractivity contribution is 6.01. The van der Waals surface area contributed by atoms with Gasteiger partial charge in [-0.1, -0.05) is 6.07 Å². The Kier molecular flexibility index (Phi) is 6.93. The van der Waals surface area contributed by atoms with Gasteiger partial charge in [0.1, 0.15) is 6.10 Å². The summed E-state index contributed by atoms with van der Waals surface area (Å²) in [7, 11) is 1.50. The van der Waals surface area contributed by atoms with Gasteiger partial charge in [-0.25, -0.2) is 5.84 Å². The Morgan fingerprint density at radius 1 is 1.50 bits per heavy atom. The summed E-state index contributed by atoms with van der Waals surface area (Å²) in [6.45, 7) is 3.10. The number of hydrogen-bond donors (Lipinski definition) is 2. The summed E-state index contributed by atoms with van der Waals surface area (Å²) in [6.07, 6.45) is -0.0212. The number of nitro benzene ring substituents is 1. The molecule has 0 aliphatic heterocycles. The van der Waals surface area contributed by atoms with Crippen molar-refractivity contribution in [3.8, 4) is 5.75 Å². The first-order valence-corrected chi connectivity index (χ1v) is 7.12. The van der Waals surface area contributed by atoms with Crippen molar-refractivity contribution in [3.05, 3.63) is 33.9 Å². The van der Waals surface area contributed by atoms with Crippen LogP contribution in [0.3, 0.4) is 0 Å². The van der Waals surface area contributed by atoms with E-state index in [1.165, 1.54) is 26.1 Å². The number of hydrazine groups is 1. The van der Waals surface area contributed by atoms with E-state index in [0.29, 0.717) is 6.42 Å². The number of esters is 1. The molecule has 0 spiro atoms. The summed E-state index contributed by atoms with van der Waals surface area (Å²) >= 11 is 0. The maximum absolute atomic E-state index is 11.2. The zero-order valence-corrected chi connectivity index (χ0v) is 13.8. The number of hydrazone groups is 1. The fourth-order valence-electron chi connectivity index (χ4n) is 2.02. The average molecular weight is 339 g/mol. The third kappa shape index (κ3) is 5.09. The van der Waals surface area contributed by atoms with E-state index in [1.54, 1.807) is 13.0 Å². The zero-order chi connectivity index (χ0) is 18.3. The fraction of sp³-hybridized carbons (Fsp3) is 0.429. The lowest BCUT2D eigenvalue weighted by molar-refractivity contribution is -0.385. The van der Waals surface area contributed by atoms with Gasteiger partial charge in [0.05, 0.1) is 17.1 Å². The number of amidine groups is 1. The molecule has 10 nitrogen and oxygen atoms in total. The summed E-state index contributed by atoms with van der Waals surface area (Å²) in [5.74, 6) is 10.7. The Hall–Kier alpha value is -2.88. The maximum atomic E-state index is 11.2. The number of nitro groups is 1. The van der Waals surface area contributed by atoms with Gasteiger partial charge >= 0.3 is 11.7 Å². The van der Waals surface area contributed by atoms with Gasteiger partial charge in [0.2, 0.25) is 5.75 Å². The molecule has 132 valence electrons. The molecular weight excluding hydrogens is 318 g/mol. The SMILES string of the molecule is CC(=O)OC(C)CCOc1c(/C(=N/N)N(C)N)cccc1[N+](=O)[O-]. The average Bonchev–Trinajstić information content (AvgIpc) is 2.47. The largest absolute Gasteiger partial charge is 0.486 e. The third-order valence-corrected chi connectivity index (χ3v) is 3.03. The van der Waals surface area contributed by atoms with E-state index in [1.807, 2.05) is 0 Å². The standard InChI is InChI=1S/C14H21N5O5/c1-9(24-10(2)20)7-8-23-13-11(14(17-15)18(3)16)5-4-6-12(13)19(21)22/h4-6,9H,7-8,15-16H2,1-3H3/b17-14-. The van der Waals surface area contributed by atoms with Gasteiger partial charge in [0.25, 0.3) is 0 Å². The molecule has 1 aromatic carbocycles. The van der Waals surface area contributed by atoms with Gasteiger partial charge in [-0.2, -0.15) is 5.10 Å². The lowest BCUT2D eigenvalue weighted by atomic mass is 10.1. The molecule has 0 saturated carbocycles. The molecule has 1 atom stereocenters. The number of rotatable bonds is 7. The van der Waals surface area contributed by atoms with Gasteiger partial charge in [-0.05, 0) is 13.0 Å². The van der Waals surface area contributed by atoms with Crippen LogP contribution < -0.4 is 16.4 Å². The molecule has 10 heteroatoms. The van der Waals surface area contributed by atoms with Crippen LogP contribution in [0.2, 0.25) is 0 Å². The van der Waals surface area contributed by atoms with Gasteiger partial charge in [-0.3, -0.25) is 19.9 Å². The molecule has 0 amide bonds. The Morgan fingerprint density at radius 2 is 2.17 bits per heavy atom.